The molecule has 2 aromatic rings. The van der Waals surface area contributed by atoms with Crippen LogP contribution in [-0.2, 0) is 6.54 Å². The lowest BCUT2D eigenvalue weighted by Gasteiger charge is -2.33. The second-order valence-electron chi connectivity index (χ2n) is 6.05. The van der Waals surface area contributed by atoms with E-state index in [0.717, 1.165) is 19.3 Å². The highest BCUT2D eigenvalue weighted by molar-refractivity contribution is 6.06. The first-order valence-electron chi connectivity index (χ1n) is 7.95. The van der Waals surface area contributed by atoms with Crippen molar-refractivity contribution in [2.24, 2.45) is 0 Å². The molecule has 6 heteroatoms. The van der Waals surface area contributed by atoms with Crippen LogP contribution in [0.4, 0.5) is 0 Å². The van der Waals surface area contributed by atoms with Crippen LogP contribution in [0.25, 0.3) is 11.1 Å². The smallest absolute Gasteiger partial charge is 0.265 e. The van der Waals surface area contributed by atoms with Gasteiger partial charge in [-0.3, -0.25) is 14.2 Å². The summed E-state index contributed by atoms with van der Waals surface area (Å²) in [6.45, 7) is 8.45. The Hall–Kier alpha value is -2.37. The highest BCUT2D eigenvalue weighted by Crippen LogP contribution is 2.26. The number of hydrogen-bond acceptors (Lipinski definition) is 4. The van der Waals surface area contributed by atoms with Crippen LogP contribution in [0, 0.1) is 6.92 Å². The van der Waals surface area contributed by atoms with Crippen molar-refractivity contribution in [3.05, 3.63) is 40.7 Å². The standard InChI is InChI=1S/C17H21N3O3/c1-4-8-19-10-18-15-14(16(19)21)13(12(3)23-15)17(22)20-9-6-5-7-11(20)2/h4,10-11H,1,5-9H2,2-3H3. The Balaban J connectivity index is 2.14. The van der Waals surface area contributed by atoms with Gasteiger partial charge >= 0.3 is 0 Å². The monoisotopic (exact) mass is 315 g/mol. The molecule has 1 aliphatic heterocycles. The Kier molecular flexibility index (Phi) is 4.07. The molecule has 1 saturated heterocycles. The predicted octanol–water partition coefficient (Wildman–Crippen LogP) is 2.50. The summed E-state index contributed by atoms with van der Waals surface area (Å²) in [6, 6.07) is 0.174. The molecule has 1 unspecified atom stereocenters. The van der Waals surface area contributed by atoms with Crippen LogP contribution >= 0.6 is 0 Å². The zero-order valence-corrected chi connectivity index (χ0v) is 13.5. The van der Waals surface area contributed by atoms with E-state index >= 15 is 0 Å². The lowest BCUT2D eigenvalue weighted by atomic mass is 10.0. The number of amides is 1. The van der Waals surface area contributed by atoms with Gasteiger partial charge in [-0.2, -0.15) is 0 Å². The summed E-state index contributed by atoms with van der Waals surface area (Å²) in [5, 5.41) is 0.273. The van der Waals surface area contributed by atoms with Crippen LogP contribution in [0.3, 0.4) is 0 Å². The molecule has 6 nitrogen and oxygen atoms in total. The molecule has 0 aromatic carbocycles. The van der Waals surface area contributed by atoms with Gasteiger partial charge < -0.3 is 9.32 Å². The number of rotatable bonds is 3. The predicted molar refractivity (Wildman–Crippen MR) is 87.6 cm³/mol. The molecule has 2 aromatic heterocycles. The third-order valence-electron chi connectivity index (χ3n) is 4.46. The van der Waals surface area contributed by atoms with E-state index in [-0.39, 0.29) is 28.6 Å². The molecule has 122 valence electrons. The number of aromatic nitrogens is 2. The number of carbonyl (C=O) groups excluding carboxylic acids is 1. The van der Waals surface area contributed by atoms with Crippen molar-refractivity contribution in [1.82, 2.24) is 14.5 Å². The summed E-state index contributed by atoms with van der Waals surface area (Å²) >= 11 is 0. The Bertz CT molecular complexity index is 818. The number of hydrogen-bond donors (Lipinski definition) is 0. The van der Waals surface area contributed by atoms with Gasteiger partial charge in [0.25, 0.3) is 11.5 Å². The van der Waals surface area contributed by atoms with Crippen LogP contribution in [0.1, 0.15) is 42.3 Å². The maximum atomic E-state index is 13.0. The summed E-state index contributed by atoms with van der Waals surface area (Å²) in [4.78, 5) is 31.7. The zero-order valence-electron chi connectivity index (χ0n) is 13.5. The summed E-state index contributed by atoms with van der Waals surface area (Å²) < 4.78 is 6.99. The second kappa shape index (κ2) is 6.02. The fraction of sp³-hybridized carbons (Fsp3) is 0.471. The largest absolute Gasteiger partial charge is 0.442 e. The molecule has 0 radical (unpaired) electrons. The number of aryl methyl sites for hydroxylation is 1. The number of piperidine rings is 1. The average Bonchev–Trinajstić information content (AvgIpc) is 2.87. The van der Waals surface area contributed by atoms with E-state index < -0.39 is 0 Å². The lowest BCUT2D eigenvalue weighted by molar-refractivity contribution is 0.0635. The molecular formula is C17H21N3O3. The molecule has 1 atom stereocenters. The van der Waals surface area contributed by atoms with Crippen LogP contribution in [-0.4, -0.2) is 32.9 Å². The van der Waals surface area contributed by atoms with Crippen molar-refractivity contribution in [2.45, 2.75) is 45.7 Å². The molecule has 1 fully saturated rings. The van der Waals surface area contributed by atoms with Gasteiger partial charge in [0, 0.05) is 19.1 Å². The summed E-state index contributed by atoms with van der Waals surface area (Å²) in [5.74, 6) is 0.312. The number of carbonyl (C=O) groups is 1. The summed E-state index contributed by atoms with van der Waals surface area (Å²) in [6.07, 6.45) is 6.15. The summed E-state index contributed by atoms with van der Waals surface area (Å²) in [5.41, 5.74) is 0.310. The Morgan fingerprint density at radius 1 is 1.52 bits per heavy atom. The average molecular weight is 315 g/mol. The molecular weight excluding hydrogens is 294 g/mol. The van der Waals surface area contributed by atoms with Gasteiger partial charge in [0.2, 0.25) is 5.71 Å². The first-order valence-corrected chi connectivity index (χ1v) is 7.95. The van der Waals surface area contributed by atoms with Crippen molar-refractivity contribution in [2.75, 3.05) is 6.54 Å². The lowest BCUT2D eigenvalue weighted by Crippen LogP contribution is -2.42. The third-order valence-corrected chi connectivity index (χ3v) is 4.46. The quantitative estimate of drug-likeness (QED) is 0.816. The molecule has 0 spiro atoms. The maximum absolute atomic E-state index is 13.0. The van der Waals surface area contributed by atoms with Gasteiger partial charge in [-0.15, -0.1) is 6.58 Å². The zero-order chi connectivity index (χ0) is 16.6. The minimum atomic E-state index is -0.264. The van der Waals surface area contributed by atoms with Gasteiger partial charge in [0.15, 0.2) is 0 Å². The number of nitrogens with zero attached hydrogens (tertiary/aromatic N) is 3. The minimum Gasteiger partial charge on any atom is -0.442 e. The number of likely N-dealkylation sites (tertiary alicyclic amines) is 1. The highest BCUT2D eigenvalue weighted by atomic mass is 16.3. The minimum absolute atomic E-state index is 0.135. The third kappa shape index (κ3) is 2.58. The van der Waals surface area contributed by atoms with Gasteiger partial charge in [-0.05, 0) is 33.1 Å². The van der Waals surface area contributed by atoms with E-state index in [1.165, 1.54) is 10.9 Å². The molecule has 0 N–H and O–H groups in total. The number of furan rings is 1. The van der Waals surface area contributed by atoms with E-state index in [1.54, 1.807) is 13.0 Å². The van der Waals surface area contributed by atoms with E-state index in [9.17, 15) is 9.59 Å². The van der Waals surface area contributed by atoms with E-state index in [4.69, 9.17) is 4.42 Å². The molecule has 3 heterocycles. The molecule has 0 saturated carbocycles. The van der Waals surface area contributed by atoms with Crippen LogP contribution in [0.2, 0.25) is 0 Å². The van der Waals surface area contributed by atoms with Gasteiger partial charge in [-0.1, -0.05) is 6.08 Å². The fourth-order valence-electron chi connectivity index (χ4n) is 3.21. The number of allylic oxidation sites excluding steroid dienone is 1. The Labute approximate surface area is 134 Å². The molecule has 23 heavy (non-hydrogen) atoms. The molecule has 0 aliphatic carbocycles. The van der Waals surface area contributed by atoms with Crippen molar-refractivity contribution in [3.63, 3.8) is 0 Å². The second-order valence-corrected chi connectivity index (χ2v) is 6.05. The Morgan fingerprint density at radius 2 is 2.30 bits per heavy atom. The van der Waals surface area contributed by atoms with Crippen molar-refractivity contribution < 1.29 is 9.21 Å². The van der Waals surface area contributed by atoms with Crippen molar-refractivity contribution >= 4 is 17.0 Å². The van der Waals surface area contributed by atoms with E-state index in [0.29, 0.717) is 24.4 Å². The molecule has 1 aliphatic rings. The Morgan fingerprint density at radius 3 is 3.00 bits per heavy atom. The number of fused-ring (bicyclic) bond motifs is 1. The molecule has 0 bridgehead atoms. The fourth-order valence-corrected chi connectivity index (χ4v) is 3.21. The maximum Gasteiger partial charge on any atom is 0.265 e. The highest BCUT2D eigenvalue weighted by Gasteiger charge is 2.30. The van der Waals surface area contributed by atoms with Crippen molar-refractivity contribution in [3.8, 4) is 0 Å². The SMILES string of the molecule is C=CCn1cnc2oc(C)c(C(=O)N3CCCCC3C)c2c1=O. The molecule has 1 amide bonds. The first-order chi connectivity index (χ1) is 11.0. The topological polar surface area (TPSA) is 68.3 Å². The van der Waals surface area contributed by atoms with Gasteiger partial charge in [0.1, 0.15) is 17.5 Å². The molecule has 3 rings (SSSR count). The van der Waals surface area contributed by atoms with Crippen LogP contribution in [0.15, 0.2) is 28.2 Å². The van der Waals surface area contributed by atoms with Crippen LogP contribution in [0.5, 0.6) is 0 Å². The van der Waals surface area contributed by atoms with Crippen molar-refractivity contribution in [1.29, 1.82) is 0 Å². The summed E-state index contributed by atoms with van der Waals surface area (Å²) in [7, 11) is 0. The van der Waals surface area contributed by atoms with E-state index in [2.05, 4.69) is 11.6 Å². The van der Waals surface area contributed by atoms with Crippen LogP contribution < -0.4 is 5.56 Å². The van der Waals surface area contributed by atoms with Gasteiger partial charge in [0.05, 0.1) is 5.56 Å². The van der Waals surface area contributed by atoms with E-state index in [1.807, 2.05) is 11.8 Å². The first kappa shape index (κ1) is 15.5. The van der Waals surface area contributed by atoms with Gasteiger partial charge in [-0.25, -0.2) is 4.98 Å². The normalized spacial score (nSPS) is 18.3.